The molecular weight excluding hydrogens is 622 g/mol. The first-order valence-electron chi connectivity index (χ1n) is 10.6. The highest BCUT2D eigenvalue weighted by Crippen LogP contribution is 2.54. The SMILES string of the molecule is CCN(C(=O)c1cc(C(C=Nc2c(Cl)cc(C(F)(C(F)(F)F)C(F)(F)F)cc2Cl)=NN)sc1Cl)C1(C#N)CC1. The minimum atomic E-state index is -6.37. The largest absolute Gasteiger partial charge is 0.435 e. The molecule has 0 spiro atoms. The summed E-state index contributed by atoms with van der Waals surface area (Å²) >= 11 is 18.8. The summed E-state index contributed by atoms with van der Waals surface area (Å²) in [5, 5.41) is 11.3. The molecule has 2 aromatic rings. The molecule has 1 fully saturated rings. The molecule has 6 nitrogen and oxygen atoms in total. The lowest BCUT2D eigenvalue weighted by Gasteiger charge is -2.30. The Morgan fingerprint density at radius 2 is 1.67 bits per heavy atom. The van der Waals surface area contributed by atoms with Crippen LogP contribution < -0.4 is 5.84 Å². The maximum absolute atomic E-state index is 14.4. The van der Waals surface area contributed by atoms with Crippen LogP contribution in [0.1, 0.15) is 40.6 Å². The van der Waals surface area contributed by atoms with Crippen molar-refractivity contribution in [2.24, 2.45) is 15.9 Å². The number of carbonyl (C=O) groups excluding carboxylic acids is 1. The van der Waals surface area contributed by atoms with Crippen LogP contribution in [0.5, 0.6) is 0 Å². The quantitative estimate of drug-likeness (QED) is 0.147. The van der Waals surface area contributed by atoms with Gasteiger partial charge in [0.25, 0.3) is 5.91 Å². The van der Waals surface area contributed by atoms with Gasteiger partial charge >= 0.3 is 18.0 Å². The van der Waals surface area contributed by atoms with Gasteiger partial charge < -0.3 is 10.7 Å². The minimum Gasteiger partial charge on any atom is -0.323 e. The number of halogens is 10. The average molecular weight is 637 g/mol. The highest BCUT2D eigenvalue weighted by molar-refractivity contribution is 7.19. The molecule has 0 aliphatic heterocycles. The fraction of sp³-hybridized carbons (Fsp3) is 0.364. The van der Waals surface area contributed by atoms with E-state index < -0.39 is 50.8 Å². The van der Waals surface area contributed by atoms with Crippen LogP contribution in [0.2, 0.25) is 14.4 Å². The molecule has 1 aliphatic carbocycles. The number of alkyl halides is 7. The zero-order valence-electron chi connectivity index (χ0n) is 19.4. The zero-order valence-corrected chi connectivity index (χ0v) is 22.5. The van der Waals surface area contributed by atoms with Crippen LogP contribution in [0.3, 0.4) is 0 Å². The Balaban J connectivity index is 1.95. The molecule has 1 aliphatic rings. The van der Waals surface area contributed by atoms with E-state index in [1.807, 2.05) is 0 Å². The van der Waals surface area contributed by atoms with Gasteiger partial charge in [0.2, 0.25) is 0 Å². The Labute approximate surface area is 235 Å². The number of benzene rings is 1. The van der Waals surface area contributed by atoms with Crippen molar-refractivity contribution in [3.63, 3.8) is 0 Å². The number of hydrogen-bond donors (Lipinski definition) is 1. The third-order valence-corrected chi connectivity index (χ3v) is 7.79. The standard InChI is InChI=1S/C22H15Cl3F7N5OS/c1-2-37(19(9-33)3-4-19)18(38)11-7-15(39-17(11)25)14(36-34)8-35-16-12(23)5-10(6-13(16)24)20(26,21(27,28)29)22(30,31)32/h5-8H,2-4,34H2,1H3. The maximum atomic E-state index is 14.4. The number of aliphatic imine (C=N–C) groups is 1. The molecule has 0 radical (unpaired) electrons. The van der Waals surface area contributed by atoms with E-state index in [0.29, 0.717) is 12.8 Å². The predicted molar refractivity (Wildman–Crippen MR) is 134 cm³/mol. The van der Waals surface area contributed by atoms with Gasteiger partial charge in [0.1, 0.15) is 21.3 Å². The second-order valence-corrected chi connectivity index (χ2v) is 10.7. The smallest absolute Gasteiger partial charge is 0.323 e. The van der Waals surface area contributed by atoms with Crippen molar-refractivity contribution in [1.82, 2.24) is 4.90 Å². The monoisotopic (exact) mass is 635 g/mol. The number of amides is 1. The van der Waals surface area contributed by atoms with Crippen LogP contribution >= 0.6 is 46.1 Å². The topological polar surface area (TPSA) is 94.8 Å². The Kier molecular flexibility index (Phi) is 8.53. The van der Waals surface area contributed by atoms with Crippen molar-refractivity contribution in [1.29, 1.82) is 5.26 Å². The lowest BCUT2D eigenvalue weighted by molar-refractivity contribution is -0.348. The van der Waals surface area contributed by atoms with Gasteiger partial charge in [-0.3, -0.25) is 9.79 Å². The van der Waals surface area contributed by atoms with E-state index in [0.717, 1.165) is 17.6 Å². The normalized spacial score (nSPS) is 15.9. The number of thiophene rings is 1. The maximum Gasteiger partial charge on any atom is 0.435 e. The molecule has 3 rings (SSSR count). The lowest BCUT2D eigenvalue weighted by atomic mass is 9.94. The van der Waals surface area contributed by atoms with E-state index in [1.54, 1.807) is 6.92 Å². The van der Waals surface area contributed by atoms with E-state index in [4.69, 9.17) is 40.6 Å². The Hall–Kier alpha value is -2.60. The van der Waals surface area contributed by atoms with Crippen molar-refractivity contribution < 1.29 is 35.5 Å². The summed E-state index contributed by atoms with van der Waals surface area (Å²) in [6.07, 6.45) is -10.8. The van der Waals surface area contributed by atoms with Crippen LogP contribution in [0.4, 0.5) is 36.4 Å². The third kappa shape index (κ3) is 5.54. The summed E-state index contributed by atoms with van der Waals surface area (Å²) in [7, 11) is 0. The molecule has 39 heavy (non-hydrogen) atoms. The highest BCUT2D eigenvalue weighted by atomic mass is 35.5. The molecule has 1 saturated carbocycles. The number of nitrogens with two attached hydrogens (primary N) is 1. The predicted octanol–water partition coefficient (Wildman–Crippen LogP) is 7.58. The van der Waals surface area contributed by atoms with Crippen molar-refractivity contribution >= 4 is 69.7 Å². The summed E-state index contributed by atoms with van der Waals surface area (Å²) in [6, 6.07) is 3.68. The lowest BCUT2D eigenvalue weighted by Crippen LogP contribution is -2.50. The molecule has 0 saturated heterocycles. The first-order chi connectivity index (χ1) is 18.0. The summed E-state index contributed by atoms with van der Waals surface area (Å²) in [4.78, 5) is 18.5. The Morgan fingerprint density at radius 1 is 1.13 bits per heavy atom. The van der Waals surface area contributed by atoms with Gasteiger partial charge in [-0.25, -0.2) is 4.39 Å². The van der Waals surface area contributed by atoms with Gasteiger partial charge in [-0.1, -0.05) is 34.8 Å². The zero-order chi connectivity index (χ0) is 29.6. The molecular formula is C22H15Cl3F7N5OS. The molecule has 1 heterocycles. The van der Waals surface area contributed by atoms with E-state index in [-0.39, 0.29) is 39.2 Å². The van der Waals surface area contributed by atoms with Crippen molar-refractivity contribution in [2.75, 3.05) is 6.54 Å². The van der Waals surface area contributed by atoms with Gasteiger partial charge in [-0.05, 0) is 38.0 Å². The number of hydrogen-bond acceptors (Lipinski definition) is 6. The van der Waals surface area contributed by atoms with Gasteiger partial charge in [-0.2, -0.15) is 36.7 Å². The third-order valence-electron chi connectivity index (χ3n) is 5.83. The number of nitrogens with zero attached hydrogens (tertiary/aromatic N) is 4. The van der Waals surface area contributed by atoms with Gasteiger partial charge in [0.05, 0.1) is 32.8 Å². The number of hydrazone groups is 1. The Morgan fingerprint density at radius 3 is 2.08 bits per heavy atom. The molecule has 0 bridgehead atoms. The fourth-order valence-corrected chi connectivity index (χ4v) is 5.45. The summed E-state index contributed by atoms with van der Waals surface area (Å²) in [5.41, 5.74) is -9.12. The minimum absolute atomic E-state index is 0.0377. The molecule has 1 aromatic heterocycles. The number of nitriles is 1. The highest BCUT2D eigenvalue weighted by Gasteiger charge is 2.73. The molecule has 210 valence electrons. The van der Waals surface area contributed by atoms with Crippen molar-refractivity contribution in [2.45, 2.75) is 43.3 Å². The van der Waals surface area contributed by atoms with E-state index in [1.165, 1.54) is 11.0 Å². The Bertz CT molecular complexity index is 1360. The van der Waals surface area contributed by atoms with E-state index in [2.05, 4.69) is 16.2 Å². The van der Waals surface area contributed by atoms with Crippen molar-refractivity contribution in [3.8, 4) is 6.07 Å². The molecule has 17 heteroatoms. The van der Waals surface area contributed by atoms with Crippen LogP contribution in [-0.4, -0.2) is 47.2 Å². The molecule has 2 N–H and O–H groups in total. The summed E-state index contributed by atoms with van der Waals surface area (Å²) in [5.74, 6) is 4.89. The fourth-order valence-electron chi connectivity index (χ4n) is 3.65. The number of carbonyl (C=O) groups is 1. The molecule has 1 aromatic carbocycles. The van der Waals surface area contributed by atoms with Crippen LogP contribution in [0, 0.1) is 11.3 Å². The first-order valence-corrected chi connectivity index (χ1v) is 12.6. The van der Waals surface area contributed by atoms with Gasteiger partial charge in [-0.15, -0.1) is 11.3 Å². The van der Waals surface area contributed by atoms with Crippen molar-refractivity contribution in [3.05, 3.63) is 48.6 Å². The molecule has 0 unspecified atom stereocenters. The average Bonchev–Trinajstić information content (AvgIpc) is 3.53. The first kappa shape index (κ1) is 30.9. The summed E-state index contributed by atoms with van der Waals surface area (Å²) in [6.45, 7) is 1.94. The van der Waals surface area contributed by atoms with E-state index >= 15 is 0 Å². The second kappa shape index (κ2) is 10.8. The van der Waals surface area contributed by atoms with E-state index in [9.17, 15) is 40.8 Å². The molecule has 0 atom stereocenters. The van der Waals surface area contributed by atoms with Crippen LogP contribution in [0.15, 0.2) is 28.3 Å². The van der Waals surface area contributed by atoms with Crippen LogP contribution in [0.25, 0.3) is 0 Å². The summed E-state index contributed by atoms with van der Waals surface area (Å²) < 4.78 is 93.0. The van der Waals surface area contributed by atoms with Gasteiger partial charge in [0, 0.05) is 12.1 Å². The number of rotatable bonds is 7. The van der Waals surface area contributed by atoms with Gasteiger partial charge in [0.15, 0.2) is 0 Å². The second-order valence-electron chi connectivity index (χ2n) is 8.21. The molecule has 1 amide bonds. The van der Waals surface area contributed by atoms with Crippen LogP contribution in [-0.2, 0) is 5.67 Å².